The summed E-state index contributed by atoms with van der Waals surface area (Å²) in [5, 5.41) is 4.24. The maximum Gasteiger partial charge on any atom is 0.0735 e. The van der Waals surface area contributed by atoms with E-state index in [1.165, 1.54) is 0 Å². The van der Waals surface area contributed by atoms with E-state index in [-0.39, 0.29) is 6.10 Å². The minimum atomic E-state index is 0.218. The van der Waals surface area contributed by atoms with E-state index < -0.39 is 0 Å². The van der Waals surface area contributed by atoms with Crippen molar-refractivity contribution in [3.63, 3.8) is 0 Å². The summed E-state index contributed by atoms with van der Waals surface area (Å²) in [5.74, 6) is 1.15. The summed E-state index contributed by atoms with van der Waals surface area (Å²) in [5.41, 5.74) is 1.05. The first kappa shape index (κ1) is 16.5. The van der Waals surface area contributed by atoms with Crippen molar-refractivity contribution >= 4 is 11.6 Å². The molecular formula is C16H26ClNO. The fourth-order valence-electron chi connectivity index (χ4n) is 1.81. The molecule has 3 heteroatoms. The largest absolute Gasteiger partial charge is 0.372 e. The number of benzene rings is 1. The van der Waals surface area contributed by atoms with Gasteiger partial charge in [-0.25, -0.2) is 0 Å². The molecule has 1 atom stereocenters. The third-order valence-corrected chi connectivity index (χ3v) is 3.42. The van der Waals surface area contributed by atoms with Crippen LogP contribution in [0.1, 0.15) is 33.3 Å². The molecule has 0 aliphatic rings. The summed E-state index contributed by atoms with van der Waals surface area (Å²) in [7, 11) is 0. The Morgan fingerprint density at radius 3 is 2.37 bits per heavy atom. The van der Waals surface area contributed by atoms with Gasteiger partial charge in [-0.3, -0.25) is 0 Å². The molecule has 0 aliphatic carbocycles. The second-order valence-corrected chi connectivity index (χ2v) is 6.14. The van der Waals surface area contributed by atoms with Gasteiger partial charge in [-0.1, -0.05) is 57.5 Å². The lowest BCUT2D eigenvalue weighted by Gasteiger charge is -2.23. The third-order valence-electron chi connectivity index (χ3n) is 3.05. The van der Waals surface area contributed by atoms with Gasteiger partial charge in [0.2, 0.25) is 0 Å². The molecule has 0 spiro atoms. The van der Waals surface area contributed by atoms with E-state index in [2.05, 4.69) is 33.0 Å². The Morgan fingerprint density at radius 1 is 1.11 bits per heavy atom. The third kappa shape index (κ3) is 6.42. The monoisotopic (exact) mass is 283 g/mol. The van der Waals surface area contributed by atoms with Gasteiger partial charge in [0.1, 0.15) is 0 Å². The van der Waals surface area contributed by atoms with Crippen molar-refractivity contribution in [3.8, 4) is 0 Å². The predicted octanol–water partition coefficient (Wildman–Crippen LogP) is 4.13. The van der Waals surface area contributed by atoms with Crippen LogP contribution < -0.4 is 5.32 Å². The summed E-state index contributed by atoms with van der Waals surface area (Å²) in [6.07, 6.45) is 0.218. The van der Waals surface area contributed by atoms with E-state index in [1.807, 2.05) is 24.3 Å². The van der Waals surface area contributed by atoms with Gasteiger partial charge in [-0.05, 0) is 30.0 Å². The van der Waals surface area contributed by atoms with E-state index in [4.69, 9.17) is 16.3 Å². The number of hydrogen-bond acceptors (Lipinski definition) is 2. The molecule has 0 bridgehead atoms. The maximum atomic E-state index is 6.14. The van der Waals surface area contributed by atoms with Crippen molar-refractivity contribution in [2.24, 2.45) is 11.8 Å². The molecule has 1 unspecified atom stereocenters. The van der Waals surface area contributed by atoms with Crippen LogP contribution in [0.3, 0.4) is 0 Å². The number of ether oxygens (including phenoxy) is 1. The Balaban J connectivity index is 2.43. The average Bonchev–Trinajstić information content (AvgIpc) is 2.34. The quantitative estimate of drug-likeness (QED) is 0.775. The molecule has 19 heavy (non-hydrogen) atoms. The Morgan fingerprint density at radius 2 is 1.79 bits per heavy atom. The lowest BCUT2D eigenvalue weighted by Crippen LogP contribution is -2.34. The standard InChI is InChI=1S/C16H26ClNO/c1-12(2)9-18-10-16(13(3)4)19-11-14-7-5-6-8-15(14)17/h5-8,12-13,16,18H,9-11H2,1-4H3. The topological polar surface area (TPSA) is 21.3 Å². The van der Waals surface area contributed by atoms with Crippen LogP contribution in [-0.4, -0.2) is 19.2 Å². The summed E-state index contributed by atoms with van der Waals surface area (Å²) in [4.78, 5) is 0. The molecule has 1 rings (SSSR count). The zero-order chi connectivity index (χ0) is 14.3. The maximum absolute atomic E-state index is 6.14. The SMILES string of the molecule is CC(C)CNCC(OCc1ccccc1Cl)C(C)C. The lowest BCUT2D eigenvalue weighted by atomic mass is 10.1. The van der Waals surface area contributed by atoms with Gasteiger partial charge in [0, 0.05) is 11.6 Å². The van der Waals surface area contributed by atoms with Crippen LogP contribution in [0.25, 0.3) is 0 Å². The van der Waals surface area contributed by atoms with E-state index in [9.17, 15) is 0 Å². The van der Waals surface area contributed by atoms with Gasteiger partial charge in [-0.2, -0.15) is 0 Å². The second-order valence-electron chi connectivity index (χ2n) is 5.74. The lowest BCUT2D eigenvalue weighted by molar-refractivity contribution is 0.0111. The van der Waals surface area contributed by atoms with Crippen LogP contribution in [0.2, 0.25) is 5.02 Å². The van der Waals surface area contributed by atoms with Gasteiger partial charge < -0.3 is 10.1 Å². The molecule has 1 N–H and O–H groups in total. The Kier molecular flexibility index (Phi) is 7.44. The van der Waals surface area contributed by atoms with Crippen LogP contribution in [0.4, 0.5) is 0 Å². The minimum Gasteiger partial charge on any atom is -0.372 e. The van der Waals surface area contributed by atoms with E-state index in [0.717, 1.165) is 23.7 Å². The predicted molar refractivity (Wildman–Crippen MR) is 82.6 cm³/mol. The zero-order valence-corrected chi connectivity index (χ0v) is 13.2. The van der Waals surface area contributed by atoms with Gasteiger partial charge in [0.15, 0.2) is 0 Å². The van der Waals surface area contributed by atoms with Gasteiger partial charge in [0.05, 0.1) is 12.7 Å². The highest BCUT2D eigenvalue weighted by atomic mass is 35.5. The van der Waals surface area contributed by atoms with Crippen LogP contribution in [0, 0.1) is 11.8 Å². The molecule has 0 aromatic heterocycles. The fraction of sp³-hybridized carbons (Fsp3) is 0.625. The molecule has 2 nitrogen and oxygen atoms in total. The highest BCUT2D eigenvalue weighted by Crippen LogP contribution is 2.17. The molecule has 0 saturated carbocycles. The average molecular weight is 284 g/mol. The van der Waals surface area contributed by atoms with Crippen molar-refractivity contribution < 1.29 is 4.74 Å². The molecule has 0 saturated heterocycles. The van der Waals surface area contributed by atoms with Crippen LogP contribution >= 0.6 is 11.6 Å². The molecular weight excluding hydrogens is 258 g/mol. The van der Waals surface area contributed by atoms with Gasteiger partial charge in [-0.15, -0.1) is 0 Å². The van der Waals surface area contributed by atoms with Crippen molar-refractivity contribution in [1.29, 1.82) is 0 Å². The molecule has 1 aromatic rings. The van der Waals surface area contributed by atoms with Crippen LogP contribution in [-0.2, 0) is 11.3 Å². The highest BCUT2D eigenvalue weighted by Gasteiger charge is 2.14. The number of nitrogens with one attached hydrogen (secondary N) is 1. The molecule has 1 aromatic carbocycles. The number of halogens is 1. The summed E-state index contributed by atoms with van der Waals surface area (Å²) in [6.45, 7) is 11.3. The van der Waals surface area contributed by atoms with Crippen molar-refractivity contribution in [3.05, 3.63) is 34.9 Å². The first-order valence-electron chi connectivity index (χ1n) is 7.06. The number of rotatable bonds is 8. The van der Waals surface area contributed by atoms with E-state index in [0.29, 0.717) is 18.4 Å². The molecule has 0 radical (unpaired) electrons. The first-order valence-corrected chi connectivity index (χ1v) is 7.44. The fourth-order valence-corrected chi connectivity index (χ4v) is 2.00. The Hall–Kier alpha value is -0.570. The van der Waals surface area contributed by atoms with Crippen LogP contribution in [0.15, 0.2) is 24.3 Å². The summed E-state index contributed by atoms with van der Waals surface area (Å²) < 4.78 is 6.01. The van der Waals surface area contributed by atoms with Crippen molar-refractivity contribution in [2.75, 3.05) is 13.1 Å². The highest BCUT2D eigenvalue weighted by molar-refractivity contribution is 6.31. The molecule has 0 fully saturated rings. The van der Waals surface area contributed by atoms with Gasteiger partial charge in [0.25, 0.3) is 0 Å². The zero-order valence-electron chi connectivity index (χ0n) is 12.4. The van der Waals surface area contributed by atoms with E-state index >= 15 is 0 Å². The second kappa shape index (κ2) is 8.57. The Bertz CT molecular complexity index is 366. The molecule has 0 aliphatic heterocycles. The smallest absolute Gasteiger partial charge is 0.0735 e. The van der Waals surface area contributed by atoms with Crippen molar-refractivity contribution in [2.45, 2.75) is 40.4 Å². The minimum absolute atomic E-state index is 0.218. The van der Waals surface area contributed by atoms with Crippen LogP contribution in [0.5, 0.6) is 0 Å². The number of hydrogen-bond donors (Lipinski definition) is 1. The first-order chi connectivity index (χ1) is 9.00. The normalized spacial score (nSPS) is 13.2. The van der Waals surface area contributed by atoms with E-state index in [1.54, 1.807) is 0 Å². The summed E-state index contributed by atoms with van der Waals surface area (Å²) in [6, 6.07) is 7.85. The summed E-state index contributed by atoms with van der Waals surface area (Å²) >= 11 is 6.14. The molecule has 0 amide bonds. The molecule has 0 heterocycles. The Labute approximate surface area is 122 Å². The molecule has 108 valence electrons. The van der Waals surface area contributed by atoms with Gasteiger partial charge >= 0.3 is 0 Å². The van der Waals surface area contributed by atoms with Crippen molar-refractivity contribution in [1.82, 2.24) is 5.32 Å².